The number of aliphatic hydroxyl groups excluding tert-OH is 1. The van der Waals surface area contributed by atoms with Crippen molar-refractivity contribution in [1.82, 2.24) is 5.32 Å². The number of hydrogen-bond acceptors (Lipinski definition) is 5. The van der Waals surface area contributed by atoms with E-state index in [0.29, 0.717) is 16.7 Å². The van der Waals surface area contributed by atoms with Gasteiger partial charge in [-0.15, -0.1) is 0 Å². The van der Waals surface area contributed by atoms with Crippen molar-refractivity contribution in [2.45, 2.75) is 58.0 Å². The quantitative estimate of drug-likeness (QED) is 0.248. The number of benzene rings is 3. The van der Waals surface area contributed by atoms with Gasteiger partial charge in [-0.05, 0) is 71.6 Å². The van der Waals surface area contributed by atoms with E-state index in [2.05, 4.69) is 26.1 Å². The van der Waals surface area contributed by atoms with E-state index in [1.54, 1.807) is 12.1 Å². The lowest BCUT2D eigenvalue weighted by molar-refractivity contribution is -0.146. The molecule has 0 aliphatic heterocycles. The molecule has 0 saturated heterocycles. The maximum absolute atomic E-state index is 13.8. The van der Waals surface area contributed by atoms with Crippen LogP contribution < -0.4 is 5.32 Å². The van der Waals surface area contributed by atoms with Gasteiger partial charge in [0.1, 0.15) is 0 Å². The Balaban J connectivity index is 1.64. The summed E-state index contributed by atoms with van der Waals surface area (Å²) in [5.41, 5.74) is 5.41. The van der Waals surface area contributed by atoms with E-state index in [0.717, 1.165) is 31.2 Å². The Morgan fingerprint density at radius 1 is 0.805 bits per heavy atom. The molecule has 3 N–H and O–H groups in total. The highest BCUT2D eigenvalue weighted by Gasteiger charge is 2.21. The molecular weight excluding hydrogens is 518 g/mol. The first-order chi connectivity index (χ1) is 19.4. The first-order valence-electron chi connectivity index (χ1n) is 13.8. The lowest BCUT2D eigenvalue weighted by Gasteiger charge is -2.19. The van der Waals surface area contributed by atoms with Crippen LogP contribution in [0, 0.1) is 0 Å². The van der Waals surface area contributed by atoms with Gasteiger partial charge in [0, 0.05) is 22.3 Å². The minimum Gasteiger partial charge on any atom is -0.479 e. The fourth-order valence-corrected chi connectivity index (χ4v) is 4.84. The summed E-state index contributed by atoms with van der Waals surface area (Å²) in [4.78, 5) is 50.4. The first-order valence-corrected chi connectivity index (χ1v) is 13.8. The molecule has 212 valence electrons. The minimum absolute atomic E-state index is 0.0548. The summed E-state index contributed by atoms with van der Waals surface area (Å²) in [7, 11) is 0. The first kappa shape index (κ1) is 29.6. The number of allylic oxidation sites excluding steroid dienone is 2. The van der Waals surface area contributed by atoms with Gasteiger partial charge in [0.25, 0.3) is 5.91 Å². The van der Waals surface area contributed by atoms with E-state index < -0.39 is 24.5 Å². The van der Waals surface area contributed by atoms with Crippen molar-refractivity contribution in [2.24, 2.45) is 0 Å². The molecule has 3 aromatic rings. The molecule has 0 aromatic heterocycles. The average molecular weight is 554 g/mol. The molecule has 0 radical (unpaired) electrons. The number of hydrogen-bond donors (Lipinski definition) is 3. The zero-order valence-corrected chi connectivity index (χ0v) is 23.6. The minimum atomic E-state index is -1.72. The molecule has 0 unspecified atom stereocenters. The van der Waals surface area contributed by atoms with Crippen molar-refractivity contribution in [3.05, 3.63) is 112 Å². The second kappa shape index (κ2) is 12.4. The van der Waals surface area contributed by atoms with Gasteiger partial charge in [0.15, 0.2) is 17.7 Å². The zero-order chi connectivity index (χ0) is 29.7. The smallest absolute Gasteiger partial charge is 0.334 e. The monoisotopic (exact) mass is 553 g/mol. The predicted molar refractivity (Wildman–Crippen MR) is 157 cm³/mol. The summed E-state index contributed by atoms with van der Waals surface area (Å²) in [6, 6.07) is 19.3. The van der Waals surface area contributed by atoms with Crippen LogP contribution in [-0.4, -0.2) is 46.3 Å². The van der Waals surface area contributed by atoms with Gasteiger partial charge < -0.3 is 15.5 Å². The number of carbonyl (C=O) groups excluding carboxylic acids is 3. The van der Waals surface area contributed by atoms with Crippen molar-refractivity contribution in [3.8, 4) is 0 Å². The number of rotatable bonds is 9. The van der Waals surface area contributed by atoms with E-state index in [4.69, 9.17) is 5.11 Å². The molecule has 7 heteroatoms. The second-order valence-electron chi connectivity index (χ2n) is 11.4. The van der Waals surface area contributed by atoms with Crippen LogP contribution in [0.3, 0.4) is 0 Å². The lowest BCUT2D eigenvalue weighted by atomic mass is 9.86. The van der Waals surface area contributed by atoms with Gasteiger partial charge in [-0.25, -0.2) is 4.79 Å². The second-order valence-corrected chi connectivity index (χ2v) is 11.4. The number of nitrogens with one attached hydrogen (secondary N) is 1. The van der Waals surface area contributed by atoms with Gasteiger partial charge in [0.2, 0.25) is 0 Å². The SMILES string of the molecule is CC(C)(C)c1ccc(C(=O)/C=C(\C(=O)c2ccc(C(=O)NC[C@@H](O)C(=O)O)cc2)c2ccc3c(c2)CCCC3)cc1. The molecule has 0 heterocycles. The molecule has 1 amide bonds. The molecule has 1 aliphatic carbocycles. The van der Waals surface area contributed by atoms with Crippen LogP contribution in [0.2, 0.25) is 0 Å². The zero-order valence-electron chi connectivity index (χ0n) is 23.6. The van der Waals surface area contributed by atoms with Gasteiger partial charge in [-0.2, -0.15) is 0 Å². The Kier molecular flexibility index (Phi) is 8.98. The number of aliphatic carboxylic acids is 1. The normalized spacial score (nSPS) is 14.1. The van der Waals surface area contributed by atoms with Crippen molar-refractivity contribution in [2.75, 3.05) is 6.54 Å². The summed E-state index contributed by atoms with van der Waals surface area (Å²) in [6.45, 7) is 5.86. The summed E-state index contributed by atoms with van der Waals surface area (Å²) in [5, 5.41) is 20.5. The lowest BCUT2D eigenvalue weighted by Crippen LogP contribution is -2.36. The topological polar surface area (TPSA) is 121 Å². The van der Waals surface area contributed by atoms with Crippen LogP contribution >= 0.6 is 0 Å². The molecular formula is C34H35NO6. The highest BCUT2D eigenvalue weighted by molar-refractivity contribution is 6.32. The van der Waals surface area contributed by atoms with E-state index in [-0.39, 0.29) is 28.1 Å². The average Bonchev–Trinajstić information content (AvgIpc) is 2.97. The van der Waals surface area contributed by atoms with Gasteiger partial charge in [-0.1, -0.05) is 75.4 Å². The Hall–Kier alpha value is -4.36. The third-order valence-corrected chi connectivity index (χ3v) is 7.37. The van der Waals surface area contributed by atoms with Crippen molar-refractivity contribution >= 4 is 29.0 Å². The number of carboxylic acids is 1. The largest absolute Gasteiger partial charge is 0.479 e. The Labute approximate surface area is 239 Å². The number of aliphatic hydroxyl groups is 1. The van der Waals surface area contributed by atoms with Crippen LogP contribution in [0.25, 0.3) is 5.57 Å². The number of carboxylic acid groups (broad SMARTS) is 1. The maximum atomic E-state index is 13.8. The molecule has 0 spiro atoms. The van der Waals surface area contributed by atoms with E-state index >= 15 is 0 Å². The highest BCUT2D eigenvalue weighted by Crippen LogP contribution is 2.28. The molecule has 0 fully saturated rings. The third-order valence-electron chi connectivity index (χ3n) is 7.37. The van der Waals surface area contributed by atoms with Crippen LogP contribution in [0.4, 0.5) is 0 Å². The van der Waals surface area contributed by atoms with Crippen molar-refractivity contribution in [1.29, 1.82) is 0 Å². The van der Waals surface area contributed by atoms with Crippen LogP contribution in [-0.2, 0) is 23.1 Å². The van der Waals surface area contributed by atoms with Gasteiger partial charge >= 0.3 is 5.97 Å². The predicted octanol–water partition coefficient (Wildman–Crippen LogP) is 5.19. The molecule has 1 atom stereocenters. The van der Waals surface area contributed by atoms with Gasteiger partial charge in [0.05, 0.1) is 6.54 Å². The van der Waals surface area contributed by atoms with Crippen LogP contribution in [0.1, 0.15) is 86.9 Å². The fourth-order valence-electron chi connectivity index (χ4n) is 4.84. The number of ketones is 2. The van der Waals surface area contributed by atoms with E-state index in [1.165, 1.54) is 41.5 Å². The number of aryl methyl sites for hydroxylation is 2. The molecule has 0 saturated carbocycles. The Morgan fingerprint density at radius 3 is 1.98 bits per heavy atom. The number of amides is 1. The van der Waals surface area contributed by atoms with Crippen molar-refractivity contribution < 1.29 is 29.4 Å². The van der Waals surface area contributed by atoms with Gasteiger partial charge in [-0.3, -0.25) is 14.4 Å². The number of carbonyl (C=O) groups is 4. The third kappa shape index (κ3) is 7.24. The molecule has 7 nitrogen and oxygen atoms in total. The highest BCUT2D eigenvalue weighted by atomic mass is 16.4. The van der Waals surface area contributed by atoms with Crippen LogP contribution in [0.5, 0.6) is 0 Å². The molecule has 0 bridgehead atoms. The van der Waals surface area contributed by atoms with E-state index in [1.807, 2.05) is 30.3 Å². The number of Topliss-reactive ketones (excluding diaryl/α,β-unsaturated/α-hetero) is 1. The van der Waals surface area contributed by atoms with Crippen LogP contribution in [0.15, 0.2) is 72.8 Å². The standard InChI is InChI=1S/C34H35NO6/c1-34(2,3)27-16-14-22(15-17-27)29(36)19-28(26-13-8-21-6-4-5-7-25(21)18-26)31(38)23-9-11-24(12-10-23)32(39)35-20-30(37)33(40)41/h8-19,30,37H,4-7,20H2,1-3H3,(H,35,39)(H,40,41)/b28-19-/t30-/m1/s1. The fraction of sp³-hybridized carbons (Fsp3) is 0.294. The maximum Gasteiger partial charge on any atom is 0.334 e. The Bertz CT molecular complexity index is 1490. The summed E-state index contributed by atoms with van der Waals surface area (Å²) in [6.07, 6.45) is 3.81. The summed E-state index contributed by atoms with van der Waals surface area (Å²) in [5.74, 6) is -2.65. The molecule has 41 heavy (non-hydrogen) atoms. The molecule has 3 aromatic carbocycles. The Morgan fingerprint density at radius 2 is 1.37 bits per heavy atom. The molecule has 1 aliphatic rings. The van der Waals surface area contributed by atoms with Crippen molar-refractivity contribution in [3.63, 3.8) is 0 Å². The number of fused-ring (bicyclic) bond motifs is 1. The van der Waals surface area contributed by atoms with E-state index in [9.17, 15) is 24.3 Å². The summed E-state index contributed by atoms with van der Waals surface area (Å²) < 4.78 is 0. The summed E-state index contributed by atoms with van der Waals surface area (Å²) >= 11 is 0. The molecule has 4 rings (SSSR count).